The first-order valence-electron chi connectivity index (χ1n) is 12.1. The maximum absolute atomic E-state index is 13.1. The summed E-state index contributed by atoms with van der Waals surface area (Å²) >= 11 is 0. The number of hydrogen-bond donors (Lipinski definition) is 0. The Kier molecular flexibility index (Phi) is 6.76. The van der Waals surface area contributed by atoms with Gasteiger partial charge in [-0.3, -0.25) is 0 Å². The molecule has 0 spiro atoms. The van der Waals surface area contributed by atoms with Gasteiger partial charge >= 0.3 is 5.97 Å². The molecular weight excluding hydrogens is 444 g/mol. The zero-order chi connectivity index (χ0) is 24.9. The highest BCUT2D eigenvalue weighted by Gasteiger charge is 2.16. The van der Waals surface area contributed by atoms with Crippen molar-refractivity contribution in [2.75, 3.05) is 0 Å². The van der Waals surface area contributed by atoms with Crippen LogP contribution in [0.4, 0.5) is 0 Å². The van der Waals surface area contributed by atoms with Crippen LogP contribution in [0.1, 0.15) is 38.4 Å². The van der Waals surface area contributed by atoms with Gasteiger partial charge in [0.15, 0.2) is 0 Å². The number of esters is 1. The molecule has 0 aliphatic heterocycles. The minimum absolute atomic E-state index is 0.395. The summed E-state index contributed by atoms with van der Waals surface area (Å²) in [6.45, 7) is 4.78. The third kappa shape index (κ3) is 5.28. The highest BCUT2D eigenvalue weighted by molar-refractivity contribution is 5.95. The van der Waals surface area contributed by atoms with E-state index in [1.807, 2.05) is 80.6 Å². The number of nitrogens with zero attached hydrogens (tertiary/aromatic N) is 2. The van der Waals surface area contributed by atoms with Crippen LogP contribution >= 0.6 is 0 Å². The van der Waals surface area contributed by atoms with Crippen LogP contribution in [0.15, 0.2) is 103 Å². The number of rotatable bonds is 7. The third-order valence-corrected chi connectivity index (χ3v) is 6.24. The Morgan fingerprint density at radius 3 is 2.08 bits per heavy atom. The van der Waals surface area contributed by atoms with Gasteiger partial charge in [-0.2, -0.15) is 0 Å². The van der Waals surface area contributed by atoms with E-state index in [0.717, 1.165) is 46.5 Å². The summed E-state index contributed by atoms with van der Waals surface area (Å²) < 4.78 is 8.18. The molecule has 0 saturated heterocycles. The van der Waals surface area contributed by atoms with Crippen LogP contribution in [-0.4, -0.2) is 15.5 Å². The predicted octanol–water partition coefficient (Wildman–Crippen LogP) is 7.25. The van der Waals surface area contributed by atoms with Gasteiger partial charge < -0.3 is 9.30 Å². The molecule has 4 heteroatoms. The molecule has 0 saturated carbocycles. The zero-order valence-electron chi connectivity index (χ0n) is 20.5. The number of fused-ring (bicyclic) bond motifs is 1. The molecule has 0 radical (unpaired) electrons. The first-order chi connectivity index (χ1) is 17.6. The molecule has 178 valence electrons. The van der Waals surface area contributed by atoms with E-state index < -0.39 is 5.97 Å². The SMILES string of the molecule is Cc1ccc(C(=O)O/C(=C/c2nc3ccccc3n2CCc2ccccc2)c2ccc(C)cc2)cc1. The fourth-order valence-corrected chi connectivity index (χ4v) is 4.18. The van der Waals surface area contributed by atoms with E-state index in [0.29, 0.717) is 11.3 Å². The topological polar surface area (TPSA) is 44.1 Å². The van der Waals surface area contributed by atoms with E-state index in [4.69, 9.17) is 9.72 Å². The largest absolute Gasteiger partial charge is 0.422 e. The Morgan fingerprint density at radius 1 is 0.778 bits per heavy atom. The first-order valence-corrected chi connectivity index (χ1v) is 12.1. The van der Waals surface area contributed by atoms with Gasteiger partial charge in [-0.1, -0.05) is 90.0 Å². The average molecular weight is 473 g/mol. The lowest BCUT2D eigenvalue weighted by molar-refractivity contribution is 0.0693. The second-order valence-corrected chi connectivity index (χ2v) is 8.98. The van der Waals surface area contributed by atoms with Gasteiger partial charge in [-0.25, -0.2) is 9.78 Å². The van der Waals surface area contributed by atoms with E-state index in [1.54, 1.807) is 12.1 Å². The molecule has 36 heavy (non-hydrogen) atoms. The molecule has 0 unspecified atom stereocenters. The quantitative estimate of drug-likeness (QED) is 0.185. The van der Waals surface area contributed by atoms with Crippen LogP contribution in [0.25, 0.3) is 22.9 Å². The van der Waals surface area contributed by atoms with Crippen LogP contribution < -0.4 is 0 Å². The highest BCUT2D eigenvalue weighted by atomic mass is 16.5. The maximum Gasteiger partial charge on any atom is 0.343 e. The number of aromatic nitrogens is 2. The predicted molar refractivity (Wildman–Crippen MR) is 146 cm³/mol. The van der Waals surface area contributed by atoms with Gasteiger partial charge in [0.1, 0.15) is 11.6 Å². The van der Waals surface area contributed by atoms with E-state index in [9.17, 15) is 4.79 Å². The second-order valence-electron chi connectivity index (χ2n) is 8.98. The number of para-hydroxylation sites is 2. The van der Waals surface area contributed by atoms with Crippen molar-refractivity contribution in [1.29, 1.82) is 0 Å². The summed E-state index contributed by atoms with van der Waals surface area (Å²) in [4.78, 5) is 18.0. The minimum atomic E-state index is -0.395. The summed E-state index contributed by atoms with van der Waals surface area (Å²) in [5.74, 6) is 0.824. The van der Waals surface area contributed by atoms with Crippen LogP contribution in [0.3, 0.4) is 0 Å². The highest BCUT2D eigenvalue weighted by Crippen LogP contribution is 2.25. The Morgan fingerprint density at radius 2 is 1.39 bits per heavy atom. The third-order valence-electron chi connectivity index (χ3n) is 6.24. The Labute approximate surface area is 211 Å². The molecule has 0 fully saturated rings. The molecule has 1 aromatic heterocycles. The van der Waals surface area contributed by atoms with E-state index >= 15 is 0 Å². The number of ether oxygens (including phenoxy) is 1. The molecule has 0 aliphatic carbocycles. The summed E-state index contributed by atoms with van der Waals surface area (Å²) in [7, 11) is 0. The van der Waals surface area contributed by atoms with E-state index in [1.165, 1.54) is 5.56 Å². The molecule has 0 amide bonds. The molecule has 5 rings (SSSR count). The molecule has 1 heterocycles. The molecule has 5 aromatic rings. The summed E-state index contributed by atoms with van der Waals surface area (Å²) in [6, 6.07) is 33.9. The number of hydrogen-bond acceptors (Lipinski definition) is 3. The van der Waals surface area contributed by atoms with Crippen molar-refractivity contribution in [2.45, 2.75) is 26.8 Å². The molecule has 0 N–H and O–H groups in total. The van der Waals surface area contributed by atoms with Gasteiger partial charge in [-0.15, -0.1) is 0 Å². The Hall–Kier alpha value is -4.44. The summed E-state index contributed by atoms with van der Waals surface area (Å²) in [6.07, 6.45) is 2.74. The van der Waals surface area contributed by atoms with E-state index in [-0.39, 0.29) is 0 Å². The average Bonchev–Trinajstić information content (AvgIpc) is 3.25. The fraction of sp³-hybridized carbons (Fsp3) is 0.125. The molecular formula is C32H28N2O2. The van der Waals surface area contributed by atoms with Crippen molar-refractivity contribution in [3.05, 3.63) is 137 Å². The molecule has 0 bridgehead atoms. The lowest BCUT2D eigenvalue weighted by Gasteiger charge is -2.12. The van der Waals surface area contributed by atoms with Gasteiger partial charge in [0, 0.05) is 18.2 Å². The van der Waals surface area contributed by atoms with Gasteiger partial charge in [0.2, 0.25) is 0 Å². The standard InChI is InChI=1S/C32H28N2O2/c1-23-12-16-26(17-13-23)30(36-32(35)27-18-14-24(2)15-19-27)22-31-33-28-10-6-7-11-29(28)34(31)21-20-25-8-4-3-5-9-25/h3-19,22H,20-21H2,1-2H3/b30-22+. The lowest BCUT2D eigenvalue weighted by atomic mass is 10.1. The smallest absolute Gasteiger partial charge is 0.343 e. The van der Waals surface area contributed by atoms with Crippen molar-refractivity contribution >= 4 is 28.8 Å². The fourth-order valence-electron chi connectivity index (χ4n) is 4.18. The monoisotopic (exact) mass is 472 g/mol. The van der Waals surface area contributed by atoms with E-state index in [2.05, 4.69) is 34.9 Å². The number of carbonyl (C=O) groups excluding carboxylic acids is 1. The summed E-state index contributed by atoms with van der Waals surface area (Å²) in [5.41, 5.74) is 6.78. The Bertz CT molecular complexity index is 1510. The van der Waals surface area contributed by atoms with Crippen molar-refractivity contribution in [1.82, 2.24) is 9.55 Å². The first kappa shape index (κ1) is 23.3. The number of aryl methyl sites for hydroxylation is 4. The van der Waals surface area contributed by atoms with Crippen molar-refractivity contribution in [3.63, 3.8) is 0 Å². The maximum atomic E-state index is 13.1. The number of imidazole rings is 1. The van der Waals surface area contributed by atoms with Gasteiger partial charge in [-0.05, 0) is 50.1 Å². The summed E-state index contributed by atoms with van der Waals surface area (Å²) in [5, 5.41) is 0. The minimum Gasteiger partial charge on any atom is -0.422 e. The van der Waals surface area contributed by atoms with Crippen LogP contribution in [0, 0.1) is 13.8 Å². The van der Waals surface area contributed by atoms with Crippen molar-refractivity contribution in [2.24, 2.45) is 0 Å². The molecule has 0 atom stereocenters. The normalized spacial score (nSPS) is 11.6. The van der Waals surface area contributed by atoms with Gasteiger partial charge in [0.25, 0.3) is 0 Å². The van der Waals surface area contributed by atoms with Crippen LogP contribution in [0.2, 0.25) is 0 Å². The second kappa shape index (κ2) is 10.4. The molecule has 4 nitrogen and oxygen atoms in total. The zero-order valence-corrected chi connectivity index (χ0v) is 20.5. The number of benzene rings is 4. The molecule has 4 aromatic carbocycles. The Balaban J connectivity index is 1.55. The van der Waals surface area contributed by atoms with Gasteiger partial charge in [0.05, 0.1) is 16.6 Å². The van der Waals surface area contributed by atoms with Crippen LogP contribution in [0.5, 0.6) is 0 Å². The lowest BCUT2D eigenvalue weighted by Crippen LogP contribution is -2.07. The van der Waals surface area contributed by atoms with Crippen LogP contribution in [-0.2, 0) is 17.7 Å². The molecule has 0 aliphatic rings. The van der Waals surface area contributed by atoms with Crippen molar-refractivity contribution < 1.29 is 9.53 Å². The number of carbonyl (C=O) groups is 1. The van der Waals surface area contributed by atoms with Crippen molar-refractivity contribution in [3.8, 4) is 0 Å².